The van der Waals surface area contributed by atoms with Crippen molar-refractivity contribution in [2.45, 2.75) is 5.37 Å². The summed E-state index contributed by atoms with van der Waals surface area (Å²) < 4.78 is 25.6. The molecular weight excluding hydrogens is 376 g/mol. The van der Waals surface area contributed by atoms with Gasteiger partial charge in [-0.2, -0.15) is 0 Å². The van der Waals surface area contributed by atoms with Gasteiger partial charge in [-0.05, 0) is 24.3 Å². The Morgan fingerprint density at radius 2 is 1.96 bits per heavy atom. The van der Waals surface area contributed by atoms with Gasteiger partial charge in [-0.1, -0.05) is 12.6 Å². The van der Waals surface area contributed by atoms with Crippen molar-refractivity contribution in [2.75, 3.05) is 0 Å². The molecule has 1 saturated heterocycles. The number of aliphatic carboxylic acids is 2. The highest BCUT2D eigenvalue weighted by molar-refractivity contribution is 7.96. The number of aromatic nitrogens is 1. The van der Waals surface area contributed by atoms with Gasteiger partial charge in [0, 0.05) is 17.8 Å². The van der Waals surface area contributed by atoms with Gasteiger partial charge in [-0.15, -0.1) is 0 Å². The second-order valence-electron chi connectivity index (χ2n) is 5.59. The van der Waals surface area contributed by atoms with E-state index in [2.05, 4.69) is 11.6 Å². The molecule has 2 aliphatic rings. The van der Waals surface area contributed by atoms with E-state index in [-0.39, 0.29) is 5.57 Å². The molecule has 2 aliphatic heterocycles. The van der Waals surface area contributed by atoms with Gasteiger partial charge < -0.3 is 10.2 Å². The third-order valence-electron chi connectivity index (χ3n) is 3.99. The molecule has 27 heavy (non-hydrogen) atoms. The second-order valence-corrected chi connectivity index (χ2v) is 7.62. The van der Waals surface area contributed by atoms with Gasteiger partial charge in [-0.3, -0.25) is 14.7 Å². The topological polar surface area (TPSA) is 142 Å². The lowest BCUT2D eigenvalue weighted by Crippen LogP contribution is -2.61. The molecule has 1 fully saturated rings. The van der Waals surface area contributed by atoms with Gasteiger partial charge in [0.15, 0.2) is 5.37 Å². The molecule has 2 N–H and O–H groups in total. The summed E-state index contributed by atoms with van der Waals surface area (Å²) in [6.45, 7) is 3.41. The Hall–Kier alpha value is -3.53. The molecule has 10 heteroatoms. The summed E-state index contributed by atoms with van der Waals surface area (Å²) in [5.41, 5.74) is -0.902. The molecule has 0 aliphatic carbocycles. The predicted octanol–water partition coefficient (Wildman–Crippen LogP) is 0.555. The summed E-state index contributed by atoms with van der Waals surface area (Å²) in [6.07, 6.45) is 4.11. The van der Waals surface area contributed by atoms with Gasteiger partial charge >= 0.3 is 11.9 Å². The first kappa shape index (κ1) is 18.3. The largest absolute Gasteiger partial charge is 0.478 e. The van der Waals surface area contributed by atoms with Crippen molar-refractivity contribution >= 4 is 33.8 Å². The van der Waals surface area contributed by atoms with Crippen LogP contribution in [0.15, 0.2) is 64.9 Å². The van der Waals surface area contributed by atoms with E-state index < -0.39 is 49.2 Å². The van der Waals surface area contributed by atoms with E-state index >= 15 is 0 Å². The number of carbonyl (C=O) groups excluding carboxylic acids is 1. The number of hydrogen-bond donors (Lipinski definition) is 2. The van der Waals surface area contributed by atoms with Crippen LogP contribution in [0.3, 0.4) is 0 Å². The van der Waals surface area contributed by atoms with Crippen molar-refractivity contribution in [1.82, 2.24) is 9.88 Å². The highest BCUT2D eigenvalue weighted by atomic mass is 32.2. The molecule has 1 amide bonds. The van der Waals surface area contributed by atoms with Crippen LogP contribution in [0.25, 0.3) is 6.08 Å². The maximum atomic E-state index is 12.8. The standard InChI is InChI=1S/C17H12N2O7S/c1-9-11(5-6-13(20)21)14(17(23)24)19-15(22)12(16(19)27(9,25)26)8-10-4-2-3-7-18-10/h2-8,16H,1H2,(H,20,21)(H,23,24)/b6-5+,12-8-. The summed E-state index contributed by atoms with van der Waals surface area (Å²) in [5.74, 6) is -3.81. The third-order valence-corrected chi connectivity index (χ3v) is 5.95. The van der Waals surface area contributed by atoms with Gasteiger partial charge in [0.25, 0.3) is 5.91 Å². The van der Waals surface area contributed by atoms with Crippen LogP contribution >= 0.6 is 0 Å². The number of rotatable bonds is 4. The van der Waals surface area contributed by atoms with E-state index in [1.807, 2.05) is 0 Å². The SMILES string of the molecule is C=C1C(/C=C/C(=O)O)=C(C(=O)O)N2C(=O)/C(=C/c3ccccn3)C2S1(=O)=O. The lowest BCUT2D eigenvalue weighted by molar-refractivity contribution is -0.141. The molecule has 3 heterocycles. The summed E-state index contributed by atoms with van der Waals surface area (Å²) in [4.78, 5) is 38.9. The van der Waals surface area contributed by atoms with Crippen molar-refractivity contribution in [3.05, 3.63) is 70.6 Å². The molecule has 1 aromatic heterocycles. The molecule has 3 rings (SSSR count). The molecule has 0 saturated carbocycles. The number of amides is 1. The van der Waals surface area contributed by atoms with E-state index in [4.69, 9.17) is 5.11 Å². The highest BCUT2D eigenvalue weighted by Gasteiger charge is 2.57. The van der Waals surface area contributed by atoms with Crippen LogP contribution in [0.4, 0.5) is 0 Å². The van der Waals surface area contributed by atoms with Crippen molar-refractivity contribution < 1.29 is 33.0 Å². The Morgan fingerprint density at radius 3 is 2.52 bits per heavy atom. The second kappa shape index (κ2) is 6.32. The van der Waals surface area contributed by atoms with E-state index in [9.17, 15) is 27.9 Å². The van der Waals surface area contributed by atoms with Gasteiger partial charge in [0.1, 0.15) is 5.70 Å². The monoisotopic (exact) mass is 388 g/mol. The van der Waals surface area contributed by atoms with Crippen molar-refractivity contribution in [3.63, 3.8) is 0 Å². The molecule has 1 aromatic rings. The Labute approximate surface area is 153 Å². The van der Waals surface area contributed by atoms with E-state index in [0.717, 1.165) is 6.08 Å². The molecule has 0 bridgehead atoms. The fourth-order valence-corrected chi connectivity index (χ4v) is 4.52. The Kier molecular flexibility index (Phi) is 4.28. The van der Waals surface area contributed by atoms with Gasteiger partial charge in [0.2, 0.25) is 9.84 Å². The molecular formula is C17H12N2O7S. The van der Waals surface area contributed by atoms with Crippen LogP contribution in [-0.4, -0.2) is 51.7 Å². The lowest BCUT2D eigenvalue weighted by atomic mass is 10.00. The van der Waals surface area contributed by atoms with Crippen LogP contribution in [0.5, 0.6) is 0 Å². The van der Waals surface area contributed by atoms with Crippen molar-refractivity contribution in [2.24, 2.45) is 0 Å². The molecule has 1 atom stereocenters. The first-order valence-corrected chi connectivity index (χ1v) is 8.99. The van der Waals surface area contributed by atoms with E-state index in [0.29, 0.717) is 16.7 Å². The predicted molar refractivity (Wildman–Crippen MR) is 92.3 cm³/mol. The third kappa shape index (κ3) is 2.85. The number of allylic oxidation sites excluding steroid dienone is 2. The number of fused-ring (bicyclic) bond motifs is 1. The number of nitrogens with zero attached hydrogens (tertiary/aromatic N) is 2. The number of pyridine rings is 1. The summed E-state index contributed by atoms with van der Waals surface area (Å²) in [6, 6.07) is 4.84. The molecule has 9 nitrogen and oxygen atoms in total. The maximum Gasteiger partial charge on any atom is 0.353 e. The zero-order chi connectivity index (χ0) is 19.9. The first-order valence-electron chi connectivity index (χ1n) is 7.44. The van der Waals surface area contributed by atoms with Crippen molar-refractivity contribution in [3.8, 4) is 0 Å². The summed E-state index contributed by atoms with van der Waals surface area (Å²) >= 11 is 0. The Bertz CT molecular complexity index is 1080. The Morgan fingerprint density at radius 1 is 1.26 bits per heavy atom. The van der Waals surface area contributed by atoms with Crippen LogP contribution < -0.4 is 0 Å². The number of β-lactam (4-membered cyclic amide) rings is 1. The normalized spacial score (nSPS) is 22.7. The highest BCUT2D eigenvalue weighted by Crippen LogP contribution is 2.45. The van der Waals surface area contributed by atoms with Gasteiger partial charge in [-0.25, -0.2) is 18.0 Å². The quantitative estimate of drug-likeness (QED) is 0.563. The van der Waals surface area contributed by atoms with Crippen molar-refractivity contribution in [1.29, 1.82) is 0 Å². The summed E-state index contributed by atoms with van der Waals surface area (Å²) in [7, 11) is -4.22. The maximum absolute atomic E-state index is 12.8. The average molecular weight is 388 g/mol. The molecule has 0 radical (unpaired) electrons. The van der Waals surface area contributed by atoms with Crippen LogP contribution in [0, 0.1) is 0 Å². The molecule has 0 spiro atoms. The number of sulfone groups is 1. The molecule has 138 valence electrons. The minimum absolute atomic E-state index is 0.144. The number of carboxylic acids is 2. The first-order chi connectivity index (χ1) is 12.7. The fourth-order valence-electron chi connectivity index (χ4n) is 2.80. The smallest absolute Gasteiger partial charge is 0.353 e. The number of hydrogen-bond acceptors (Lipinski definition) is 6. The zero-order valence-corrected chi connectivity index (χ0v) is 14.4. The molecule has 0 aromatic carbocycles. The van der Waals surface area contributed by atoms with Crippen LogP contribution in [0.2, 0.25) is 0 Å². The molecule has 1 unspecified atom stereocenters. The Balaban J connectivity index is 2.18. The van der Waals surface area contributed by atoms with Gasteiger partial charge in [0.05, 0.1) is 16.2 Å². The number of carboxylic acid groups (broad SMARTS) is 2. The summed E-state index contributed by atoms with van der Waals surface area (Å²) in [5, 5.41) is 16.7. The van der Waals surface area contributed by atoms with E-state index in [1.54, 1.807) is 18.2 Å². The minimum Gasteiger partial charge on any atom is -0.478 e. The lowest BCUT2D eigenvalue weighted by Gasteiger charge is -2.45. The zero-order valence-electron chi connectivity index (χ0n) is 13.6. The average Bonchev–Trinajstić information content (AvgIpc) is 2.61. The minimum atomic E-state index is -4.22. The fraction of sp³-hybridized carbons (Fsp3) is 0.0588. The van der Waals surface area contributed by atoms with Crippen LogP contribution in [-0.2, 0) is 24.2 Å². The van der Waals surface area contributed by atoms with Crippen LogP contribution in [0.1, 0.15) is 5.69 Å². The van der Waals surface area contributed by atoms with E-state index in [1.165, 1.54) is 12.3 Å². The number of carbonyl (C=O) groups is 3.